The lowest BCUT2D eigenvalue weighted by molar-refractivity contribution is -0.131. The molecule has 2 heterocycles. The topological polar surface area (TPSA) is 79.4 Å². The van der Waals surface area contributed by atoms with Crippen LogP contribution in [0.15, 0.2) is 24.5 Å². The van der Waals surface area contributed by atoms with Gasteiger partial charge in [-0.15, -0.1) is 0 Å². The number of pyridine rings is 1. The molecule has 110 valence electrons. The largest absolute Gasteiger partial charge is 0.332 e. The van der Waals surface area contributed by atoms with Crippen LogP contribution in [0.1, 0.15) is 18.5 Å². The van der Waals surface area contributed by atoms with E-state index >= 15 is 0 Å². The van der Waals surface area contributed by atoms with E-state index in [1.54, 1.807) is 24.2 Å². The van der Waals surface area contributed by atoms with Crippen molar-refractivity contribution >= 4 is 15.7 Å². The van der Waals surface area contributed by atoms with E-state index in [4.69, 9.17) is 0 Å². The quantitative estimate of drug-likeness (QED) is 0.845. The van der Waals surface area contributed by atoms with Crippen molar-refractivity contribution < 1.29 is 13.2 Å². The zero-order valence-corrected chi connectivity index (χ0v) is 12.3. The fraction of sp³-hybridized carbons (Fsp3) is 0.538. The molecule has 1 N–H and O–H groups in total. The zero-order chi connectivity index (χ0) is 14.6. The molecule has 20 heavy (non-hydrogen) atoms. The summed E-state index contributed by atoms with van der Waals surface area (Å²) in [6.45, 7) is 3.36. The fourth-order valence-corrected chi connectivity index (χ4v) is 2.99. The Kier molecular flexibility index (Phi) is 4.72. The standard InChI is InChI=1S/C13H19N3O3S/c1-2-20(18,19)10-13(17)16-7-6-15-9-12(16)11-4-3-5-14-8-11/h3-5,8,12,15H,2,6-7,9-10H2,1H3. The molecule has 1 fully saturated rings. The van der Waals surface area contributed by atoms with Gasteiger partial charge < -0.3 is 10.2 Å². The summed E-state index contributed by atoms with van der Waals surface area (Å²) in [6.07, 6.45) is 3.39. The molecule has 1 aliphatic rings. The van der Waals surface area contributed by atoms with Gasteiger partial charge in [0.05, 0.1) is 6.04 Å². The van der Waals surface area contributed by atoms with E-state index in [0.29, 0.717) is 19.6 Å². The van der Waals surface area contributed by atoms with Gasteiger partial charge in [0.1, 0.15) is 5.75 Å². The molecule has 0 spiro atoms. The van der Waals surface area contributed by atoms with Crippen molar-refractivity contribution in [3.05, 3.63) is 30.1 Å². The monoisotopic (exact) mass is 297 g/mol. The first-order valence-electron chi connectivity index (χ1n) is 6.64. The molecule has 2 rings (SSSR count). The van der Waals surface area contributed by atoms with Gasteiger partial charge in [-0.05, 0) is 11.6 Å². The minimum absolute atomic E-state index is 0.0115. The molecule has 1 amide bonds. The van der Waals surface area contributed by atoms with E-state index in [0.717, 1.165) is 5.56 Å². The summed E-state index contributed by atoms with van der Waals surface area (Å²) in [6, 6.07) is 3.56. The Bertz CT molecular complexity index is 559. The van der Waals surface area contributed by atoms with Crippen LogP contribution in [-0.4, -0.2) is 55.3 Å². The highest BCUT2D eigenvalue weighted by Crippen LogP contribution is 2.21. The predicted octanol–water partition coefficient (Wildman–Crippen LogP) is -0.0108. The second-order valence-corrected chi connectivity index (χ2v) is 7.12. The lowest BCUT2D eigenvalue weighted by atomic mass is 10.1. The van der Waals surface area contributed by atoms with Gasteiger partial charge in [-0.25, -0.2) is 8.42 Å². The third-order valence-corrected chi connectivity index (χ3v) is 4.98. The summed E-state index contributed by atoms with van der Waals surface area (Å²) in [5.41, 5.74) is 0.918. The Morgan fingerprint density at radius 3 is 3.00 bits per heavy atom. The Morgan fingerprint density at radius 2 is 2.35 bits per heavy atom. The maximum Gasteiger partial charge on any atom is 0.238 e. The SMILES string of the molecule is CCS(=O)(=O)CC(=O)N1CCNCC1c1cccnc1. The van der Waals surface area contributed by atoms with Crippen LogP contribution in [0.3, 0.4) is 0 Å². The van der Waals surface area contributed by atoms with E-state index in [9.17, 15) is 13.2 Å². The summed E-state index contributed by atoms with van der Waals surface area (Å²) in [5.74, 6) is -0.759. The van der Waals surface area contributed by atoms with Crippen LogP contribution in [0.5, 0.6) is 0 Å². The third-order valence-electron chi connectivity index (χ3n) is 3.42. The number of carbonyl (C=O) groups excluding carboxylic acids is 1. The highest BCUT2D eigenvalue weighted by atomic mass is 32.2. The number of nitrogens with one attached hydrogen (secondary N) is 1. The molecule has 0 aromatic carbocycles. The maximum atomic E-state index is 12.3. The van der Waals surface area contributed by atoms with E-state index in [1.165, 1.54) is 0 Å². The van der Waals surface area contributed by atoms with Crippen molar-refractivity contribution in [2.24, 2.45) is 0 Å². The lowest BCUT2D eigenvalue weighted by Crippen LogP contribution is -2.50. The van der Waals surface area contributed by atoms with Gasteiger partial charge in [0.25, 0.3) is 0 Å². The lowest BCUT2D eigenvalue weighted by Gasteiger charge is -2.36. The molecular formula is C13H19N3O3S. The summed E-state index contributed by atoms with van der Waals surface area (Å²) in [7, 11) is -3.30. The second-order valence-electron chi connectivity index (χ2n) is 4.77. The summed E-state index contributed by atoms with van der Waals surface area (Å²) in [5, 5.41) is 3.22. The Hall–Kier alpha value is -1.47. The van der Waals surface area contributed by atoms with Crippen LogP contribution in [0, 0.1) is 0 Å². The molecule has 6 nitrogen and oxygen atoms in total. The molecule has 0 bridgehead atoms. The van der Waals surface area contributed by atoms with Crippen LogP contribution in [-0.2, 0) is 14.6 Å². The number of piperazine rings is 1. The van der Waals surface area contributed by atoms with Gasteiger partial charge in [-0.1, -0.05) is 13.0 Å². The number of hydrogen-bond donors (Lipinski definition) is 1. The first-order valence-corrected chi connectivity index (χ1v) is 8.46. The van der Waals surface area contributed by atoms with Crippen LogP contribution in [0.25, 0.3) is 0 Å². The smallest absolute Gasteiger partial charge is 0.238 e. The van der Waals surface area contributed by atoms with Gasteiger partial charge in [-0.3, -0.25) is 9.78 Å². The highest BCUT2D eigenvalue weighted by molar-refractivity contribution is 7.92. The van der Waals surface area contributed by atoms with Crippen molar-refractivity contribution in [1.29, 1.82) is 0 Å². The Labute approximate surface area is 119 Å². The first kappa shape index (κ1) is 14.9. The van der Waals surface area contributed by atoms with Crippen LogP contribution in [0.4, 0.5) is 0 Å². The second kappa shape index (κ2) is 6.32. The molecule has 0 aliphatic carbocycles. The molecule has 1 saturated heterocycles. The van der Waals surface area contributed by atoms with Crippen molar-refractivity contribution in [2.75, 3.05) is 31.1 Å². The van der Waals surface area contributed by atoms with Crippen LogP contribution in [0.2, 0.25) is 0 Å². The van der Waals surface area contributed by atoms with E-state index in [2.05, 4.69) is 10.3 Å². The molecule has 7 heteroatoms. The number of sulfone groups is 1. The van der Waals surface area contributed by atoms with Gasteiger partial charge in [-0.2, -0.15) is 0 Å². The fourth-order valence-electron chi connectivity index (χ4n) is 2.25. The molecule has 0 radical (unpaired) electrons. The molecular weight excluding hydrogens is 278 g/mol. The number of nitrogens with zero attached hydrogens (tertiary/aromatic N) is 2. The third kappa shape index (κ3) is 3.55. The summed E-state index contributed by atoms with van der Waals surface area (Å²) in [4.78, 5) is 18.0. The van der Waals surface area contributed by atoms with Crippen molar-refractivity contribution in [3.8, 4) is 0 Å². The van der Waals surface area contributed by atoms with Gasteiger partial charge in [0.2, 0.25) is 5.91 Å². The highest BCUT2D eigenvalue weighted by Gasteiger charge is 2.30. The molecule has 1 atom stereocenters. The van der Waals surface area contributed by atoms with Gasteiger partial charge >= 0.3 is 0 Å². The van der Waals surface area contributed by atoms with Crippen molar-refractivity contribution in [1.82, 2.24) is 15.2 Å². The van der Waals surface area contributed by atoms with Gasteiger partial charge in [0, 0.05) is 37.8 Å². The molecule has 1 aliphatic heterocycles. The Morgan fingerprint density at radius 1 is 1.55 bits per heavy atom. The zero-order valence-electron chi connectivity index (χ0n) is 11.4. The maximum absolute atomic E-state index is 12.3. The molecule has 1 aromatic heterocycles. The molecule has 1 unspecified atom stereocenters. The number of hydrogen-bond acceptors (Lipinski definition) is 5. The molecule has 1 aromatic rings. The minimum atomic E-state index is -3.30. The number of amides is 1. The Balaban J connectivity index is 2.17. The van der Waals surface area contributed by atoms with Gasteiger partial charge in [0.15, 0.2) is 9.84 Å². The van der Waals surface area contributed by atoms with Crippen molar-refractivity contribution in [2.45, 2.75) is 13.0 Å². The number of rotatable bonds is 4. The summed E-state index contributed by atoms with van der Waals surface area (Å²) < 4.78 is 23.2. The van der Waals surface area contributed by atoms with E-state index in [-0.39, 0.29) is 17.7 Å². The van der Waals surface area contributed by atoms with Crippen molar-refractivity contribution in [3.63, 3.8) is 0 Å². The predicted molar refractivity (Wildman–Crippen MR) is 75.9 cm³/mol. The van der Waals surface area contributed by atoms with E-state index < -0.39 is 15.6 Å². The number of aromatic nitrogens is 1. The van der Waals surface area contributed by atoms with E-state index in [1.807, 2.05) is 12.1 Å². The number of carbonyl (C=O) groups is 1. The van der Waals surface area contributed by atoms with Crippen LogP contribution < -0.4 is 5.32 Å². The average molecular weight is 297 g/mol. The minimum Gasteiger partial charge on any atom is -0.332 e. The average Bonchev–Trinajstić information content (AvgIpc) is 2.48. The summed E-state index contributed by atoms with van der Waals surface area (Å²) >= 11 is 0. The normalized spacial score (nSPS) is 19.9. The first-order chi connectivity index (χ1) is 9.53. The molecule has 0 saturated carbocycles. The van der Waals surface area contributed by atoms with Crippen LogP contribution >= 0.6 is 0 Å².